The summed E-state index contributed by atoms with van der Waals surface area (Å²) >= 11 is 0. The van der Waals surface area contributed by atoms with Crippen molar-refractivity contribution >= 4 is 12.4 Å². The molecule has 0 aromatic heterocycles. The molecule has 2 aliphatic rings. The Hall–Kier alpha value is -1.35. The molecule has 0 radical (unpaired) electrons. The van der Waals surface area contributed by atoms with Crippen LogP contribution in [0, 0.1) is 5.92 Å². The Morgan fingerprint density at radius 1 is 1.00 bits per heavy atom. The van der Waals surface area contributed by atoms with Crippen LogP contribution in [0.5, 0.6) is 0 Å². The lowest BCUT2D eigenvalue weighted by Crippen LogP contribution is -2.28. The predicted octanol–water partition coefficient (Wildman–Crippen LogP) is 3.72. The van der Waals surface area contributed by atoms with Crippen LogP contribution in [0.25, 0.3) is 11.1 Å². The topological polar surface area (TPSA) is 15.3 Å². The molecule has 2 aromatic rings. The summed E-state index contributed by atoms with van der Waals surface area (Å²) < 4.78 is 0. The van der Waals surface area contributed by atoms with Gasteiger partial charge in [0.25, 0.3) is 0 Å². The Kier molecular flexibility index (Phi) is 4.53. The number of hydrogen-bond acceptors (Lipinski definition) is 2. The van der Waals surface area contributed by atoms with Crippen molar-refractivity contribution in [2.24, 2.45) is 5.92 Å². The van der Waals surface area contributed by atoms with Crippen molar-refractivity contribution in [1.29, 1.82) is 0 Å². The minimum absolute atomic E-state index is 0. The van der Waals surface area contributed by atoms with Crippen LogP contribution < -0.4 is 5.32 Å². The second-order valence-electron chi connectivity index (χ2n) is 6.28. The minimum Gasteiger partial charge on any atom is -0.319 e. The molecule has 1 aliphatic carbocycles. The first kappa shape index (κ1) is 15.5. The summed E-state index contributed by atoms with van der Waals surface area (Å²) in [6.45, 7) is 3.54. The minimum atomic E-state index is 0. The molecule has 2 aromatic carbocycles. The summed E-state index contributed by atoms with van der Waals surface area (Å²) in [6.07, 6.45) is 1.31. The molecular formula is C19H23ClN2. The summed E-state index contributed by atoms with van der Waals surface area (Å²) in [5, 5.41) is 3.33. The van der Waals surface area contributed by atoms with Gasteiger partial charge in [-0.25, -0.2) is 0 Å². The molecule has 1 atom stereocenters. The fraction of sp³-hybridized carbons (Fsp3) is 0.368. The average molecular weight is 315 g/mol. The monoisotopic (exact) mass is 314 g/mol. The molecule has 0 bridgehead atoms. The van der Waals surface area contributed by atoms with Crippen LogP contribution in [0.3, 0.4) is 0 Å². The third-order valence-corrected chi connectivity index (χ3v) is 4.98. The molecular weight excluding hydrogens is 292 g/mol. The van der Waals surface area contributed by atoms with Gasteiger partial charge in [-0.05, 0) is 54.7 Å². The third kappa shape index (κ3) is 2.45. The van der Waals surface area contributed by atoms with E-state index in [0.29, 0.717) is 6.04 Å². The van der Waals surface area contributed by atoms with Crippen LogP contribution in [-0.2, 0) is 0 Å². The lowest BCUT2D eigenvalue weighted by Gasteiger charge is -2.26. The first-order valence-electron chi connectivity index (χ1n) is 7.95. The summed E-state index contributed by atoms with van der Waals surface area (Å²) in [5.74, 6) is 0.787. The number of benzene rings is 2. The number of likely N-dealkylation sites (tertiary alicyclic amines) is 1. The lowest BCUT2D eigenvalue weighted by atomic mass is 10.0. The molecule has 22 heavy (non-hydrogen) atoms. The molecule has 3 heteroatoms. The normalized spacial score (nSPS) is 20.5. The number of halogens is 1. The fourth-order valence-corrected chi connectivity index (χ4v) is 4.07. The Morgan fingerprint density at radius 3 is 2.18 bits per heavy atom. The van der Waals surface area contributed by atoms with Gasteiger partial charge < -0.3 is 5.32 Å². The largest absolute Gasteiger partial charge is 0.319 e. The molecule has 1 saturated heterocycles. The van der Waals surface area contributed by atoms with Gasteiger partial charge in [0.15, 0.2) is 0 Å². The van der Waals surface area contributed by atoms with Gasteiger partial charge in [0, 0.05) is 6.54 Å². The van der Waals surface area contributed by atoms with E-state index in [-0.39, 0.29) is 12.4 Å². The highest BCUT2D eigenvalue weighted by atomic mass is 35.5. The Labute approximate surface area is 138 Å². The molecule has 0 spiro atoms. The summed E-state index contributed by atoms with van der Waals surface area (Å²) in [5.41, 5.74) is 5.83. The van der Waals surface area contributed by atoms with Crippen LogP contribution in [0.15, 0.2) is 48.5 Å². The molecule has 2 nitrogen and oxygen atoms in total. The van der Waals surface area contributed by atoms with Crippen LogP contribution in [-0.4, -0.2) is 31.6 Å². The molecule has 0 saturated carbocycles. The van der Waals surface area contributed by atoms with Crippen molar-refractivity contribution in [1.82, 2.24) is 10.2 Å². The van der Waals surface area contributed by atoms with Crippen molar-refractivity contribution in [2.75, 3.05) is 26.7 Å². The molecule has 116 valence electrons. The lowest BCUT2D eigenvalue weighted by molar-refractivity contribution is 0.273. The second kappa shape index (κ2) is 6.41. The van der Waals surface area contributed by atoms with Gasteiger partial charge in [0.05, 0.1) is 6.04 Å². The highest BCUT2D eigenvalue weighted by molar-refractivity contribution is 5.85. The number of nitrogens with one attached hydrogen (secondary N) is 1. The summed E-state index contributed by atoms with van der Waals surface area (Å²) in [6, 6.07) is 18.3. The SMILES string of the molecule is CNCC1CCN(C2c3ccccc3-c3ccccc32)C1.Cl. The van der Waals surface area contributed by atoms with Crippen molar-refractivity contribution in [2.45, 2.75) is 12.5 Å². The first-order chi connectivity index (χ1) is 10.4. The zero-order valence-electron chi connectivity index (χ0n) is 13.0. The van der Waals surface area contributed by atoms with Gasteiger partial charge in [-0.1, -0.05) is 48.5 Å². The van der Waals surface area contributed by atoms with E-state index in [2.05, 4.69) is 65.8 Å². The quantitative estimate of drug-likeness (QED) is 0.929. The van der Waals surface area contributed by atoms with E-state index in [1.54, 1.807) is 0 Å². The summed E-state index contributed by atoms with van der Waals surface area (Å²) in [4.78, 5) is 2.67. The molecule has 0 amide bonds. The van der Waals surface area contributed by atoms with Gasteiger partial charge in [-0.15, -0.1) is 12.4 Å². The van der Waals surface area contributed by atoms with Gasteiger partial charge in [-0.3, -0.25) is 4.90 Å². The van der Waals surface area contributed by atoms with Crippen molar-refractivity contribution in [3.05, 3.63) is 59.7 Å². The highest BCUT2D eigenvalue weighted by Gasteiger charge is 2.35. The first-order valence-corrected chi connectivity index (χ1v) is 7.95. The predicted molar refractivity (Wildman–Crippen MR) is 94.6 cm³/mol. The van der Waals surface area contributed by atoms with E-state index in [1.807, 2.05) is 0 Å². The number of fused-ring (bicyclic) bond motifs is 3. The number of rotatable bonds is 3. The van der Waals surface area contributed by atoms with Gasteiger partial charge in [0.1, 0.15) is 0 Å². The van der Waals surface area contributed by atoms with Crippen molar-refractivity contribution < 1.29 is 0 Å². The van der Waals surface area contributed by atoms with E-state index in [1.165, 1.54) is 41.8 Å². The zero-order valence-corrected chi connectivity index (χ0v) is 13.8. The maximum absolute atomic E-state index is 3.33. The third-order valence-electron chi connectivity index (χ3n) is 4.98. The molecule has 1 unspecified atom stereocenters. The van der Waals surface area contributed by atoms with E-state index in [4.69, 9.17) is 0 Å². The van der Waals surface area contributed by atoms with Gasteiger partial charge >= 0.3 is 0 Å². The smallest absolute Gasteiger partial charge is 0.0614 e. The van der Waals surface area contributed by atoms with Crippen LogP contribution in [0.2, 0.25) is 0 Å². The molecule has 1 aliphatic heterocycles. The molecule has 1 fully saturated rings. The Bertz CT molecular complexity index is 610. The Morgan fingerprint density at radius 2 is 1.59 bits per heavy atom. The molecule has 1 heterocycles. The van der Waals surface area contributed by atoms with E-state index < -0.39 is 0 Å². The van der Waals surface area contributed by atoms with Gasteiger partial charge in [0.2, 0.25) is 0 Å². The highest BCUT2D eigenvalue weighted by Crippen LogP contribution is 2.47. The van der Waals surface area contributed by atoms with E-state index in [9.17, 15) is 0 Å². The standard InChI is InChI=1S/C19H22N2.ClH/c1-20-12-14-10-11-21(13-14)19-17-8-4-2-6-15(17)16-7-3-5-9-18(16)19;/h2-9,14,19-20H,10-13H2,1H3;1H. The molecule has 1 N–H and O–H groups in total. The fourth-order valence-electron chi connectivity index (χ4n) is 4.07. The number of hydrogen-bond donors (Lipinski definition) is 1. The van der Waals surface area contributed by atoms with Crippen LogP contribution in [0.4, 0.5) is 0 Å². The maximum Gasteiger partial charge on any atom is 0.0614 e. The average Bonchev–Trinajstić information content (AvgIpc) is 3.10. The van der Waals surface area contributed by atoms with Gasteiger partial charge in [-0.2, -0.15) is 0 Å². The van der Waals surface area contributed by atoms with Crippen molar-refractivity contribution in [3.8, 4) is 11.1 Å². The molecule has 4 rings (SSSR count). The Balaban J connectivity index is 0.00000144. The van der Waals surface area contributed by atoms with Crippen LogP contribution >= 0.6 is 12.4 Å². The van der Waals surface area contributed by atoms with Crippen LogP contribution in [0.1, 0.15) is 23.6 Å². The van der Waals surface area contributed by atoms with E-state index in [0.717, 1.165) is 12.5 Å². The second-order valence-corrected chi connectivity index (χ2v) is 6.28. The zero-order chi connectivity index (χ0) is 14.2. The van der Waals surface area contributed by atoms with E-state index >= 15 is 0 Å². The number of nitrogens with zero attached hydrogens (tertiary/aromatic N) is 1. The maximum atomic E-state index is 3.33. The van der Waals surface area contributed by atoms with Crippen molar-refractivity contribution in [3.63, 3.8) is 0 Å². The summed E-state index contributed by atoms with van der Waals surface area (Å²) in [7, 11) is 2.06.